The molecule has 0 saturated carbocycles. The van der Waals surface area contributed by atoms with Gasteiger partial charge in [0.05, 0.1) is 23.8 Å². The van der Waals surface area contributed by atoms with Crippen molar-refractivity contribution in [2.75, 3.05) is 20.2 Å². The average Bonchev–Trinajstić information content (AvgIpc) is 2.99. The second-order valence-corrected chi connectivity index (χ2v) is 7.52. The van der Waals surface area contributed by atoms with Crippen LogP contribution in [-0.4, -0.2) is 48.9 Å². The van der Waals surface area contributed by atoms with Crippen molar-refractivity contribution in [1.29, 1.82) is 0 Å². The highest BCUT2D eigenvalue weighted by atomic mass is 79.9. The Morgan fingerprint density at radius 3 is 2.40 bits per heavy atom. The smallest absolute Gasteiger partial charge is 0.337 e. The third kappa shape index (κ3) is 4.85. The Hall–Kier alpha value is -3.20. The molecule has 9 heteroatoms. The molecule has 2 N–H and O–H groups in total. The second-order valence-electron chi connectivity index (χ2n) is 6.60. The number of benzene rings is 2. The zero-order chi connectivity index (χ0) is 21.7. The van der Waals surface area contributed by atoms with Crippen molar-refractivity contribution in [3.05, 3.63) is 69.2 Å². The van der Waals surface area contributed by atoms with Crippen LogP contribution in [0.3, 0.4) is 0 Å². The number of imide groups is 1. The molecule has 0 aliphatic carbocycles. The number of urea groups is 1. The number of fused-ring (bicyclic) bond motifs is 1. The lowest BCUT2D eigenvalue weighted by Gasteiger charge is -2.14. The second kappa shape index (κ2) is 9.53. The molecule has 2 aromatic carbocycles. The number of carbonyl (C=O) groups excluding carboxylic acids is 4. The molecule has 1 aliphatic heterocycles. The number of ether oxygens (including phenoxy) is 1. The van der Waals surface area contributed by atoms with Gasteiger partial charge in [-0.1, -0.05) is 28.1 Å². The molecule has 1 heterocycles. The van der Waals surface area contributed by atoms with Crippen LogP contribution in [0.25, 0.3) is 0 Å². The van der Waals surface area contributed by atoms with E-state index in [0.717, 1.165) is 10.0 Å². The number of rotatable bonds is 7. The number of nitrogens with one attached hydrogen (secondary N) is 2. The molecule has 0 unspecified atom stereocenters. The predicted octanol–water partition coefficient (Wildman–Crippen LogP) is 2.72. The number of hydrogen-bond acceptors (Lipinski definition) is 5. The van der Waals surface area contributed by atoms with Gasteiger partial charge >= 0.3 is 12.0 Å². The molecule has 0 saturated heterocycles. The van der Waals surface area contributed by atoms with Crippen LogP contribution >= 0.6 is 15.9 Å². The van der Waals surface area contributed by atoms with Crippen molar-refractivity contribution >= 4 is 39.7 Å². The van der Waals surface area contributed by atoms with Gasteiger partial charge in [0.2, 0.25) is 0 Å². The SMILES string of the molecule is COC(=O)c1ccc(CNC(=O)NCCCN2C(=O)c3ccc(Br)cc3C2=O)cc1. The fourth-order valence-corrected chi connectivity index (χ4v) is 3.39. The quantitative estimate of drug-likeness (QED) is 0.365. The summed E-state index contributed by atoms with van der Waals surface area (Å²) in [7, 11) is 1.32. The summed E-state index contributed by atoms with van der Waals surface area (Å²) in [4.78, 5) is 49.3. The van der Waals surface area contributed by atoms with Gasteiger partial charge < -0.3 is 15.4 Å². The monoisotopic (exact) mass is 473 g/mol. The van der Waals surface area contributed by atoms with Gasteiger partial charge in [-0.25, -0.2) is 9.59 Å². The van der Waals surface area contributed by atoms with Crippen molar-refractivity contribution in [3.8, 4) is 0 Å². The summed E-state index contributed by atoms with van der Waals surface area (Å²) in [6.45, 7) is 0.823. The maximum Gasteiger partial charge on any atom is 0.337 e. The summed E-state index contributed by atoms with van der Waals surface area (Å²) in [6.07, 6.45) is 0.438. The van der Waals surface area contributed by atoms with Crippen molar-refractivity contribution < 1.29 is 23.9 Å². The van der Waals surface area contributed by atoms with E-state index in [1.165, 1.54) is 12.0 Å². The third-order valence-corrected chi connectivity index (χ3v) is 5.10. The van der Waals surface area contributed by atoms with Crippen LogP contribution < -0.4 is 10.6 Å². The first-order valence-corrected chi connectivity index (χ1v) is 10.0. The topological polar surface area (TPSA) is 105 Å². The van der Waals surface area contributed by atoms with Gasteiger partial charge in [0.25, 0.3) is 11.8 Å². The zero-order valence-electron chi connectivity index (χ0n) is 16.2. The highest BCUT2D eigenvalue weighted by Gasteiger charge is 2.34. The first-order chi connectivity index (χ1) is 14.4. The van der Waals surface area contributed by atoms with E-state index >= 15 is 0 Å². The summed E-state index contributed by atoms with van der Waals surface area (Å²) in [5.41, 5.74) is 2.05. The molecule has 0 aromatic heterocycles. The van der Waals surface area contributed by atoms with Crippen molar-refractivity contribution in [1.82, 2.24) is 15.5 Å². The fraction of sp³-hybridized carbons (Fsp3) is 0.238. The van der Waals surface area contributed by atoms with Crippen LogP contribution in [0.2, 0.25) is 0 Å². The lowest BCUT2D eigenvalue weighted by Crippen LogP contribution is -2.37. The first-order valence-electron chi connectivity index (χ1n) is 9.25. The molecule has 8 nitrogen and oxygen atoms in total. The maximum atomic E-state index is 12.4. The van der Waals surface area contributed by atoms with E-state index in [4.69, 9.17) is 0 Å². The molecule has 156 valence electrons. The Bertz CT molecular complexity index is 991. The molecule has 4 amide bonds. The Labute approximate surface area is 181 Å². The Morgan fingerprint density at radius 1 is 1.00 bits per heavy atom. The average molecular weight is 474 g/mol. The largest absolute Gasteiger partial charge is 0.465 e. The van der Waals surface area contributed by atoms with Crippen LogP contribution in [0.1, 0.15) is 43.1 Å². The first kappa shape index (κ1) is 21.5. The number of nitrogens with zero attached hydrogens (tertiary/aromatic N) is 1. The zero-order valence-corrected chi connectivity index (χ0v) is 17.8. The van der Waals surface area contributed by atoms with Crippen molar-refractivity contribution in [2.24, 2.45) is 0 Å². The summed E-state index contributed by atoms with van der Waals surface area (Å²) in [5, 5.41) is 5.40. The normalized spacial score (nSPS) is 12.5. The van der Waals surface area contributed by atoms with Crippen LogP contribution in [0, 0.1) is 0 Å². The van der Waals surface area contributed by atoms with Crippen LogP contribution in [0.4, 0.5) is 4.79 Å². The molecule has 0 bridgehead atoms. The van der Waals surface area contributed by atoms with Gasteiger partial charge in [0, 0.05) is 24.1 Å². The van der Waals surface area contributed by atoms with E-state index in [1.807, 2.05) is 0 Å². The highest BCUT2D eigenvalue weighted by molar-refractivity contribution is 9.10. The van der Waals surface area contributed by atoms with Gasteiger partial charge in [-0.3, -0.25) is 14.5 Å². The fourth-order valence-electron chi connectivity index (χ4n) is 3.03. The van der Waals surface area contributed by atoms with E-state index in [1.54, 1.807) is 42.5 Å². The summed E-state index contributed by atoms with van der Waals surface area (Å²) >= 11 is 3.30. The van der Waals surface area contributed by atoms with Gasteiger partial charge in [-0.05, 0) is 42.3 Å². The van der Waals surface area contributed by atoms with Gasteiger partial charge in [-0.15, -0.1) is 0 Å². The summed E-state index contributed by atoms with van der Waals surface area (Å²) in [6, 6.07) is 11.3. The minimum atomic E-state index is -0.419. The number of amides is 4. The maximum absolute atomic E-state index is 12.4. The minimum Gasteiger partial charge on any atom is -0.465 e. The number of hydrogen-bond donors (Lipinski definition) is 2. The van der Waals surface area contributed by atoms with Crippen molar-refractivity contribution in [3.63, 3.8) is 0 Å². The van der Waals surface area contributed by atoms with Crippen molar-refractivity contribution in [2.45, 2.75) is 13.0 Å². The molecule has 2 aromatic rings. The minimum absolute atomic E-state index is 0.221. The molecule has 0 atom stereocenters. The molecular weight excluding hydrogens is 454 g/mol. The number of esters is 1. The van der Waals surface area contributed by atoms with E-state index < -0.39 is 5.97 Å². The molecule has 0 spiro atoms. The van der Waals surface area contributed by atoms with Gasteiger partial charge in [0.1, 0.15) is 0 Å². The Balaban J connectivity index is 1.40. The molecule has 3 rings (SSSR count). The molecule has 1 aliphatic rings. The van der Waals surface area contributed by atoms with Gasteiger partial charge in [0.15, 0.2) is 0 Å². The Kier molecular flexibility index (Phi) is 6.83. The van der Waals surface area contributed by atoms with E-state index in [2.05, 4.69) is 31.3 Å². The number of carbonyl (C=O) groups is 4. The van der Waals surface area contributed by atoms with E-state index in [9.17, 15) is 19.2 Å². The molecule has 0 radical (unpaired) electrons. The molecule has 0 fully saturated rings. The van der Waals surface area contributed by atoms with Crippen LogP contribution in [0.5, 0.6) is 0 Å². The third-order valence-electron chi connectivity index (χ3n) is 4.60. The summed E-state index contributed by atoms with van der Waals surface area (Å²) in [5.74, 6) is -1.06. The molecule has 30 heavy (non-hydrogen) atoms. The standard InChI is InChI=1S/C21H20BrN3O5/c1-30-20(28)14-5-3-13(4-6-14)12-24-21(29)23-9-2-10-25-18(26)16-8-7-15(22)11-17(16)19(25)27/h3-8,11H,2,9-10,12H2,1H3,(H2,23,24,29). The van der Waals surface area contributed by atoms with E-state index in [0.29, 0.717) is 36.2 Å². The lowest BCUT2D eigenvalue weighted by molar-refractivity contribution is 0.0598. The van der Waals surface area contributed by atoms with Crippen LogP contribution in [0.15, 0.2) is 46.9 Å². The molecular formula is C21H20BrN3O5. The number of methoxy groups -OCH3 is 1. The Morgan fingerprint density at radius 2 is 1.70 bits per heavy atom. The van der Waals surface area contributed by atoms with E-state index in [-0.39, 0.29) is 24.4 Å². The summed E-state index contributed by atoms with van der Waals surface area (Å²) < 4.78 is 5.38. The lowest BCUT2D eigenvalue weighted by atomic mass is 10.1. The van der Waals surface area contributed by atoms with Gasteiger partial charge in [-0.2, -0.15) is 0 Å². The number of halogens is 1. The van der Waals surface area contributed by atoms with Crippen LogP contribution in [-0.2, 0) is 11.3 Å². The predicted molar refractivity (Wildman–Crippen MR) is 112 cm³/mol. The highest BCUT2D eigenvalue weighted by Crippen LogP contribution is 2.25.